The van der Waals surface area contributed by atoms with Gasteiger partial charge in [-0.3, -0.25) is 24.0 Å². The van der Waals surface area contributed by atoms with E-state index in [0.29, 0.717) is 62.5 Å². The van der Waals surface area contributed by atoms with E-state index < -0.39 is 0 Å². The van der Waals surface area contributed by atoms with E-state index in [1.54, 1.807) is 17.3 Å². The molecule has 4 rings (SSSR count). The van der Waals surface area contributed by atoms with Crippen LogP contribution in [0.15, 0.2) is 18.5 Å². The third kappa shape index (κ3) is 6.30. The zero-order valence-electron chi connectivity index (χ0n) is 21.7. The van der Waals surface area contributed by atoms with Gasteiger partial charge in [0.25, 0.3) is 11.8 Å². The van der Waals surface area contributed by atoms with Crippen LogP contribution in [0, 0.1) is 12.8 Å². The van der Waals surface area contributed by atoms with Gasteiger partial charge in [-0.1, -0.05) is 13.8 Å². The van der Waals surface area contributed by atoms with Crippen LogP contribution in [0.3, 0.4) is 0 Å². The number of rotatable bonds is 4. The van der Waals surface area contributed by atoms with Gasteiger partial charge in [0.05, 0.1) is 5.56 Å². The van der Waals surface area contributed by atoms with Crippen LogP contribution in [0.5, 0.6) is 0 Å². The van der Waals surface area contributed by atoms with Crippen LogP contribution < -0.4 is 10.6 Å². The molecule has 3 amide bonds. The molecule has 1 aliphatic carbocycles. The summed E-state index contributed by atoms with van der Waals surface area (Å²) in [6, 6.07) is 1.81. The Balaban J connectivity index is 1.52. The Labute approximate surface area is 213 Å². The first-order valence-corrected chi connectivity index (χ1v) is 13.2. The number of carbonyl (C=O) groups is 3. The summed E-state index contributed by atoms with van der Waals surface area (Å²) in [5, 5.41) is 10.9. The highest BCUT2D eigenvalue weighted by Crippen LogP contribution is 2.26. The minimum absolute atomic E-state index is 0.0128. The molecule has 2 bridgehead atoms. The molecule has 2 aromatic rings. The fourth-order valence-corrected chi connectivity index (χ4v) is 5.01. The summed E-state index contributed by atoms with van der Waals surface area (Å²) in [5.74, 6) is 0.247. The highest BCUT2D eigenvalue weighted by Gasteiger charge is 2.30. The third-order valence-electron chi connectivity index (χ3n) is 6.98. The highest BCUT2D eigenvalue weighted by atomic mass is 16.2. The molecule has 0 saturated carbocycles. The molecular weight excluding hydrogens is 456 g/mol. The largest absolute Gasteiger partial charge is 0.353 e. The second-order valence-electron chi connectivity index (χ2n) is 10.4. The standard InChI is InChI=1S/C27H38N6O3/c1-18(2)9-13-33-23-8-7-21-15-22(23)25(31-33)26(35)29-10-5-12-32(11-4-6-24(34)30-21)27(36)20-14-19(3)16-28-17-20/h14,16-18,21H,4-13,15H2,1-3H3,(H,29,35)(H,30,34). The molecule has 0 radical (unpaired) electrons. The van der Waals surface area contributed by atoms with Crippen LogP contribution in [-0.2, 0) is 24.2 Å². The van der Waals surface area contributed by atoms with Crippen molar-refractivity contribution >= 4 is 17.7 Å². The van der Waals surface area contributed by atoms with E-state index in [-0.39, 0.29) is 23.8 Å². The van der Waals surface area contributed by atoms with E-state index in [4.69, 9.17) is 5.10 Å². The number of pyridine rings is 1. The summed E-state index contributed by atoms with van der Waals surface area (Å²) in [5.41, 5.74) is 4.02. The van der Waals surface area contributed by atoms with Gasteiger partial charge in [0.15, 0.2) is 5.69 Å². The molecule has 2 aromatic heterocycles. The van der Waals surface area contributed by atoms with Gasteiger partial charge in [-0.25, -0.2) is 0 Å². The van der Waals surface area contributed by atoms with Crippen LogP contribution >= 0.6 is 0 Å². The molecule has 0 aromatic carbocycles. The fraction of sp³-hybridized carbons (Fsp3) is 0.593. The van der Waals surface area contributed by atoms with Gasteiger partial charge in [0.1, 0.15) is 0 Å². The van der Waals surface area contributed by atoms with Crippen molar-refractivity contribution < 1.29 is 14.4 Å². The third-order valence-corrected chi connectivity index (χ3v) is 6.98. The predicted molar refractivity (Wildman–Crippen MR) is 137 cm³/mol. The topological polar surface area (TPSA) is 109 Å². The molecule has 2 aliphatic rings. The second kappa shape index (κ2) is 11.7. The Morgan fingerprint density at radius 1 is 1.17 bits per heavy atom. The number of fused-ring (bicyclic) bond motifs is 1. The van der Waals surface area contributed by atoms with Gasteiger partial charge < -0.3 is 15.5 Å². The number of hydrogen-bond acceptors (Lipinski definition) is 5. The van der Waals surface area contributed by atoms with Crippen LogP contribution in [-0.4, -0.2) is 63.1 Å². The summed E-state index contributed by atoms with van der Waals surface area (Å²) in [6.45, 7) is 8.47. The molecule has 0 saturated heterocycles. The van der Waals surface area contributed by atoms with Gasteiger partial charge in [0.2, 0.25) is 5.91 Å². The smallest absolute Gasteiger partial charge is 0.272 e. The highest BCUT2D eigenvalue weighted by molar-refractivity contribution is 5.95. The lowest BCUT2D eigenvalue weighted by Gasteiger charge is -2.25. The zero-order chi connectivity index (χ0) is 25.7. The lowest BCUT2D eigenvalue weighted by atomic mass is 9.91. The van der Waals surface area contributed by atoms with Gasteiger partial charge in [-0.2, -0.15) is 5.10 Å². The maximum atomic E-state index is 13.2. The van der Waals surface area contributed by atoms with Gasteiger partial charge >= 0.3 is 0 Å². The van der Waals surface area contributed by atoms with Crippen molar-refractivity contribution in [2.24, 2.45) is 5.92 Å². The molecule has 1 atom stereocenters. The van der Waals surface area contributed by atoms with E-state index in [9.17, 15) is 14.4 Å². The van der Waals surface area contributed by atoms with E-state index in [1.807, 2.05) is 17.7 Å². The normalized spacial score (nSPS) is 19.3. The van der Waals surface area contributed by atoms with Crippen LogP contribution in [0.4, 0.5) is 0 Å². The van der Waals surface area contributed by atoms with Crippen molar-refractivity contribution in [1.29, 1.82) is 0 Å². The van der Waals surface area contributed by atoms with Crippen molar-refractivity contribution in [3.05, 3.63) is 46.5 Å². The van der Waals surface area contributed by atoms with Crippen LogP contribution in [0.1, 0.15) is 83.6 Å². The molecule has 0 spiro atoms. The lowest BCUT2D eigenvalue weighted by molar-refractivity contribution is -0.122. The number of aryl methyl sites for hydroxylation is 2. The second-order valence-corrected chi connectivity index (χ2v) is 10.4. The number of carbonyl (C=O) groups excluding carboxylic acids is 3. The molecule has 9 nitrogen and oxygen atoms in total. The molecule has 2 N–H and O–H groups in total. The maximum Gasteiger partial charge on any atom is 0.272 e. The molecule has 1 unspecified atom stereocenters. The fourth-order valence-electron chi connectivity index (χ4n) is 5.01. The summed E-state index contributed by atoms with van der Waals surface area (Å²) >= 11 is 0. The molecule has 194 valence electrons. The minimum Gasteiger partial charge on any atom is -0.353 e. The van der Waals surface area contributed by atoms with Gasteiger partial charge in [0, 0.05) is 62.3 Å². The zero-order valence-corrected chi connectivity index (χ0v) is 21.7. The molecule has 1 aliphatic heterocycles. The van der Waals surface area contributed by atoms with Crippen molar-refractivity contribution in [3.63, 3.8) is 0 Å². The molecule has 36 heavy (non-hydrogen) atoms. The van der Waals surface area contributed by atoms with E-state index in [2.05, 4.69) is 29.5 Å². The minimum atomic E-state index is -0.183. The van der Waals surface area contributed by atoms with Gasteiger partial charge in [-0.05, 0) is 63.0 Å². The average molecular weight is 495 g/mol. The number of nitrogens with zero attached hydrogens (tertiary/aromatic N) is 4. The quantitative estimate of drug-likeness (QED) is 0.679. The van der Waals surface area contributed by atoms with Crippen LogP contribution in [0.2, 0.25) is 0 Å². The Bertz CT molecular complexity index is 1110. The Hall–Kier alpha value is -3.23. The molecular formula is C27H38N6O3. The van der Waals surface area contributed by atoms with Crippen molar-refractivity contribution in [2.45, 2.75) is 78.3 Å². The first-order chi connectivity index (χ1) is 17.3. The maximum absolute atomic E-state index is 13.2. The monoisotopic (exact) mass is 494 g/mol. The number of nitrogens with one attached hydrogen (secondary N) is 2. The molecule has 0 fully saturated rings. The lowest BCUT2D eigenvalue weighted by Crippen LogP contribution is -2.40. The number of hydrogen-bond donors (Lipinski definition) is 2. The first-order valence-electron chi connectivity index (χ1n) is 13.2. The van der Waals surface area contributed by atoms with E-state index >= 15 is 0 Å². The van der Waals surface area contributed by atoms with Crippen molar-refractivity contribution in [2.75, 3.05) is 19.6 Å². The van der Waals surface area contributed by atoms with E-state index in [0.717, 1.165) is 42.6 Å². The van der Waals surface area contributed by atoms with Crippen molar-refractivity contribution in [1.82, 2.24) is 30.3 Å². The van der Waals surface area contributed by atoms with Gasteiger partial charge in [-0.15, -0.1) is 0 Å². The van der Waals surface area contributed by atoms with E-state index in [1.165, 1.54) is 0 Å². The van der Waals surface area contributed by atoms with Crippen molar-refractivity contribution in [3.8, 4) is 0 Å². The average Bonchev–Trinajstić information content (AvgIpc) is 3.21. The Morgan fingerprint density at radius 2 is 1.97 bits per heavy atom. The SMILES string of the molecule is Cc1cncc(C(=O)N2CCCNC(=O)c3nn(CCC(C)C)c4c3CC(CC4)NC(=O)CCC2)c1. The Morgan fingerprint density at radius 3 is 2.75 bits per heavy atom. The molecule has 3 heterocycles. The molecule has 9 heteroatoms. The van der Waals surface area contributed by atoms with Crippen LogP contribution in [0.25, 0.3) is 0 Å². The number of amides is 3. The summed E-state index contributed by atoms with van der Waals surface area (Å²) in [4.78, 5) is 45.0. The summed E-state index contributed by atoms with van der Waals surface area (Å²) in [6.07, 6.45) is 8.09. The summed E-state index contributed by atoms with van der Waals surface area (Å²) in [7, 11) is 0. The first kappa shape index (κ1) is 25.9. The predicted octanol–water partition coefficient (Wildman–Crippen LogP) is 2.66. The summed E-state index contributed by atoms with van der Waals surface area (Å²) < 4.78 is 2.00. The number of aromatic nitrogens is 3. The Kier molecular flexibility index (Phi) is 8.38.